The highest BCUT2D eigenvalue weighted by Crippen LogP contribution is 2.34. The van der Waals surface area contributed by atoms with Crippen LogP contribution in [0.15, 0.2) is 57.7 Å². The largest absolute Gasteiger partial charge is 0.471 e. The van der Waals surface area contributed by atoms with Gasteiger partial charge in [-0.2, -0.15) is 13.2 Å². The smallest absolute Gasteiger partial charge is 0.422 e. The van der Waals surface area contributed by atoms with Gasteiger partial charge >= 0.3 is 17.7 Å². The Morgan fingerprint density at radius 2 is 1.78 bits per heavy atom. The Balaban J connectivity index is 2.25. The fourth-order valence-electron chi connectivity index (χ4n) is 2.92. The number of aryl methyl sites for hydroxylation is 1. The van der Waals surface area contributed by atoms with Crippen LogP contribution in [0.2, 0.25) is 0 Å². The Kier molecular flexibility index (Phi) is 4.78. The minimum Gasteiger partial charge on any atom is -0.422 e. The Morgan fingerprint density at radius 3 is 2.44 bits per heavy atom. The molecule has 0 unspecified atom stereocenters. The highest BCUT2D eigenvalue weighted by molar-refractivity contribution is 6.01. The number of halogens is 3. The highest BCUT2D eigenvalue weighted by atomic mass is 19.4. The third-order valence-corrected chi connectivity index (χ3v) is 4.18. The van der Waals surface area contributed by atoms with E-state index in [4.69, 9.17) is 4.42 Å². The number of benzene rings is 2. The van der Waals surface area contributed by atoms with Gasteiger partial charge in [-0.3, -0.25) is 4.79 Å². The summed E-state index contributed by atoms with van der Waals surface area (Å²) in [6.45, 7) is 2.94. The van der Waals surface area contributed by atoms with E-state index in [0.717, 1.165) is 0 Å². The molecule has 0 aliphatic rings. The third-order valence-electron chi connectivity index (χ3n) is 4.18. The second kappa shape index (κ2) is 6.90. The number of alkyl halides is 3. The number of anilines is 1. The predicted molar refractivity (Wildman–Crippen MR) is 96.7 cm³/mol. The van der Waals surface area contributed by atoms with E-state index < -0.39 is 17.7 Å². The number of fused-ring (bicyclic) bond motifs is 1. The summed E-state index contributed by atoms with van der Waals surface area (Å²) >= 11 is 0. The summed E-state index contributed by atoms with van der Waals surface area (Å²) in [5.41, 5.74) is 0.666. The Bertz CT molecular complexity index is 1070. The summed E-state index contributed by atoms with van der Waals surface area (Å²) in [7, 11) is 0. The molecule has 1 aromatic heterocycles. The molecule has 1 amide bonds. The molecule has 27 heavy (non-hydrogen) atoms. The SMILES string of the molecule is CCN(C(=O)C(F)(F)F)c1cc(C)ccc1-c1cc2ccccc2oc1=O. The summed E-state index contributed by atoms with van der Waals surface area (Å²) in [6.07, 6.45) is -5.02. The number of hydrogen-bond acceptors (Lipinski definition) is 3. The van der Waals surface area contributed by atoms with Crippen LogP contribution in [0.4, 0.5) is 18.9 Å². The van der Waals surface area contributed by atoms with Crippen molar-refractivity contribution in [3.8, 4) is 11.1 Å². The quantitative estimate of drug-likeness (QED) is 0.625. The minimum absolute atomic E-state index is 0.0161. The van der Waals surface area contributed by atoms with Crippen molar-refractivity contribution in [2.75, 3.05) is 11.4 Å². The molecule has 0 fully saturated rings. The van der Waals surface area contributed by atoms with Crippen molar-refractivity contribution < 1.29 is 22.4 Å². The molecule has 0 N–H and O–H groups in total. The lowest BCUT2D eigenvalue weighted by Crippen LogP contribution is -2.41. The third kappa shape index (κ3) is 3.58. The average molecular weight is 375 g/mol. The highest BCUT2D eigenvalue weighted by Gasteiger charge is 2.43. The Labute approximate surface area is 152 Å². The lowest BCUT2D eigenvalue weighted by Gasteiger charge is -2.25. The van der Waals surface area contributed by atoms with E-state index in [0.29, 0.717) is 21.4 Å². The van der Waals surface area contributed by atoms with Gasteiger partial charge in [0, 0.05) is 17.5 Å². The first-order valence-corrected chi connectivity index (χ1v) is 8.25. The molecule has 7 heteroatoms. The van der Waals surface area contributed by atoms with Gasteiger partial charge in [-0.25, -0.2) is 4.79 Å². The van der Waals surface area contributed by atoms with E-state index in [1.54, 1.807) is 43.3 Å². The standard InChI is InChI=1S/C20H16F3NO3/c1-3-24(19(26)20(21,22)23)16-10-12(2)8-9-14(16)15-11-13-6-4-5-7-17(13)27-18(15)25/h4-11H,3H2,1-2H3. The lowest BCUT2D eigenvalue weighted by molar-refractivity contribution is -0.170. The zero-order valence-corrected chi connectivity index (χ0v) is 14.6. The van der Waals surface area contributed by atoms with Gasteiger partial charge in [0.15, 0.2) is 0 Å². The summed E-state index contributed by atoms with van der Waals surface area (Å²) in [5, 5.41) is 0.629. The van der Waals surface area contributed by atoms with Gasteiger partial charge in [0.05, 0.1) is 11.3 Å². The molecule has 0 aliphatic heterocycles. The van der Waals surface area contributed by atoms with E-state index >= 15 is 0 Å². The van der Waals surface area contributed by atoms with Crippen molar-refractivity contribution in [1.29, 1.82) is 0 Å². The molecule has 1 heterocycles. The van der Waals surface area contributed by atoms with Crippen molar-refractivity contribution in [2.24, 2.45) is 0 Å². The maximum Gasteiger partial charge on any atom is 0.471 e. The molecule has 140 valence electrons. The van der Waals surface area contributed by atoms with Crippen LogP contribution in [0.5, 0.6) is 0 Å². The fraction of sp³-hybridized carbons (Fsp3) is 0.200. The minimum atomic E-state index is -5.02. The topological polar surface area (TPSA) is 50.5 Å². The Hall–Kier alpha value is -3.09. The number of nitrogens with zero attached hydrogens (tertiary/aromatic N) is 1. The first kappa shape index (κ1) is 18.7. The summed E-state index contributed by atoms with van der Waals surface area (Å²) in [6, 6.07) is 13.0. The zero-order valence-electron chi connectivity index (χ0n) is 14.6. The molecular formula is C20H16F3NO3. The van der Waals surface area contributed by atoms with Gasteiger partial charge in [0.1, 0.15) is 5.58 Å². The van der Waals surface area contributed by atoms with E-state index in [1.165, 1.54) is 19.1 Å². The van der Waals surface area contributed by atoms with E-state index in [2.05, 4.69) is 0 Å². The van der Waals surface area contributed by atoms with Crippen LogP contribution in [0.1, 0.15) is 12.5 Å². The number of hydrogen-bond donors (Lipinski definition) is 0. The normalized spacial score (nSPS) is 11.6. The number of para-hydroxylation sites is 1. The van der Waals surface area contributed by atoms with E-state index in [9.17, 15) is 22.8 Å². The number of carbonyl (C=O) groups is 1. The molecule has 0 saturated heterocycles. The van der Waals surface area contributed by atoms with Crippen LogP contribution in [0.25, 0.3) is 22.1 Å². The van der Waals surface area contributed by atoms with Crippen molar-refractivity contribution >= 4 is 22.6 Å². The van der Waals surface area contributed by atoms with Crippen molar-refractivity contribution in [1.82, 2.24) is 0 Å². The first-order valence-electron chi connectivity index (χ1n) is 8.25. The second-order valence-electron chi connectivity index (χ2n) is 6.05. The predicted octanol–water partition coefficient (Wildman–Crippen LogP) is 4.68. The monoisotopic (exact) mass is 375 g/mol. The molecule has 0 atom stereocenters. The van der Waals surface area contributed by atoms with Gasteiger partial charge in [-0.1, -0.05) is 30.3 Å². The van der Waals surface area contributed by atoms with Gasteiger partial charge in [0.2, 0.25) is 0 Å². The van der Waals surface area contributed by atoms with Gasteiger partial charge < -0.3 is 9.32 Å². The average Bonchev–Trinajstić information content (AvgIpc) is 2.61. The van der Waals surface area contributed by atoms with Crippen LogP contribution >= 0.6 is 0 Å². The second-order valence-corrected chi connectivity index (χ2v) is 6.05. The van der Waals surface area contributed by atoms with Gasteiger partial charge in [-0.15, -0.1) is 0 Å². The maximum atomic E-state index is 13.0. The van der Waals surface area contributed by atoms with Crippen LogP contribution < -0.4 is 10.5 Å². The van der Waals surface area contributed by atoms with Crippen LogP contribution in [-0.2, 0) is 4.79 Å². The van der Waals surface area contributed by atoms with Crippen molar-refractivity contribution in [3.63, 3.8) is 0 Å². The van der Waals surface area contributed by atoms with Crippen LogP contribution in [0.3, 0.4) is 0 Å². The molecule has 4 nitrogen and oxygen atoms in total. The van der Waals surface area contributed by atoms with Gasteiger partial charge in [0.25, 0.3) is 0 Å². The number of rotatable bonds is 3. The molecule has 0 aliphatic carbocycles. The lowest BCUT2D eigenvalue weighted by atomic mass is 10.0. The molecule has 0 spiro atoms. The van der Waals surface area contributed by atoms with Crippen LogP contribution in [0, 0.1) is 6.92 Å². The molecule has 0 saturated carbocycles. The van der Waals surface area contributed by atoms with Crippen LogP contribution in [-0.4, -0.2) is 18.6 Å². The van der Waals surface area contributed by atoms with Gasteiger partial charge in [-0.05, 0) is 37.6 Å². The summed E-state index contributed by atoms with van der Waals surface area (Å²) < 4.78 is 44.4. The molecule has 0 radical (unpaired) electrons. The number of amides is 1. The molecule has 3 aromatic rings. The Morgan fingerprint density at radius 1 is 1.07 bits per heavy atom. The maximum absolute atomic E-state index is 13.0. The first-order chi connectivity index (χ1) is 12.7. The summed E-state index contributed by atoms with van der Waals surface area (Å²) in [5.74, 6) is -1.98. The fourth-order valence-corrected chi connectivity index (χ4v) is 2.92. The molecule has 2 aromatic carbocycles. The molecule has 0 bridgehead atoms. The van der Waals surface area contributed by atoms with E-state index in [1.807, 2.05) is 0 Å². The van der Waals surface area contributed by atoms with E-state index in [-0.39, 0.29) is 23.4 Å². The summed E-state index contributed by atoms with van der Waals surface area (Å²) in [4.78, 5) is 25.0. The van der Waals surface area contributed by atoms with Crippen molar-refractivity contribution in [2.45, 2.75) is 20.0 Å². The zero-order chi connectivity index (χ0) is 19.8. The van der Waals surface area contributed by atoms with Crippen molar-refractivity contribution in [3.05, 3.63) is 64.5 Å². The molecule has 3 rings (SSSR count). The molecular weight excluding hydrogens is 359 g/mol. The number of carbonyl (C=O) groups excluding carboxylic acids is 1.